The smallest absolute Gasteiger partial charge is 0.0819 e. The number of hydrogen-bond donors (Lipinski definition) is 2. The van der Waals surface area contributed by atoms with Gasteiger partial charge in [0, 0.05) is 18.4 Å². The van der Waals surface area contributed by atoms with Crippen molar-refractivity contribution in [1.82, 2.24) is 4.98 Å². The molecule has 0 unspecified atom stereocenters. The molecule has 1 aromatic carbocycles. The number of hydrogen-bond acceptors (Lipinski definition) is 2. The van der Waals surface area contributed by atoms with Gasteiger partial charge in [0.2, 0.25) is 0 Å². The minimum Gasteiger partial charge on any atom is -0.379 e. The molecule has 1 fully saturated rings. The molecule has 1 aliphatic rings. The monoisotopic (exact) mass is 228 g/mol. The van der Waals surface area contributed by atoms with E-state index in [1.807, 2.05) is 12.3 Å². The number of aromatic amines is 1. The topological polar surface area (TPSA) is 51.0 Å². The lowest BCUT2D eigenvalue weighted by Crippen LogP contribution is -2.47. The first-order chi connectivity index (χ1) is 8.35. The first-order valence-corrected chi connectivity index (χ1v) is 5.86. The highest BCUT2D eigenvalue weighted by Crippen LogP contribution is 2.38. The zero-order valence-corrected chi connectivity index (χ0v) is 9.65. The molecule has 0 atom stereocenters. The Morgan fingerprint density at radius 3 is 2.41 bits per heavy atom. The lowest BCUT2D eigenvalue weighted by Gasteiger charge is -2.41. The molecule has 3 N–H and O–H groups in total. The predicted molar refractivity (Wildman–Crippen MR) is 66.7 cm³/mol. The number of aromatic nitrogens is 1. The highest BCUT2D eigenvalue weighted by molar-refractivity contribution is 5.40. The van der Waals surface area contributed by atoms with Gasteiger partial charge in [-0.3, -0.25) is 0 Å². The van der Waals surface area contributed by atoms with E-state index in [0.29, 0.717) is 6.54 Å². The van der Waals surface area contributed by atoms with Gasteiger partial charge in [0.05, 0.1) is 18.6 Å². The highest BCUT2D eigenvalue weighted by atomic mass is 16.5. The molecule has 3 rings (SSSR count). The Hall–Kier alpha value is -1.58. The SMILES string of the molecule is NCc1ccc(C2(c3ccc[nH]3)COC2)cc1. The van der Waals surface area contributed by atoms with E-state index in [2.05, 4.69) is 35.3 Å². The van der Waals surface area contributed by atoms with Crippen molar-refractivity contribution in [2.75, 3.05) is 13.2 Å². The minimum absolute atomic E-state index is 0.0105. The Balaban J connectivity index is 2.00. The fourth-order valence-corrected chi connectivity index (χ4v) is 2.37. The molecule has 0 bridgehead atoms. The Morgan fingerprint density at radius 2 is 1.94 bits per heavy atom. The van der Waals surface area contributed by atoms with Gasteiger partial charge in [-0.25, -0.2) is 0 Å². The Morgan fingerprint density at radius 1 is 1.18 bits per heavy atom. The van der Waals surface area contributed by atoms with Crippen LogP contribution in [0.5, 0.6) is 0 Å². The van der Waals surface area contributed by atoms with Gasteiger partial charge in [0.1, 0.15) is 0 Å². The molecule has 1 saturated heterocycles. The zero-order chi connectivity index (χ0) is 11.7. The fraction of sp³-hybridized carbons (Fsp3) is 0.286. The summed E-state index contributed by atoms with van der Waals surface area (Å²) in [6.07, 6.45) is 1.96. The standard InChI is InChI=1S/C14H16N2O/c15-8-11-3-5-12(6-4-11)14(9-17-10-14)13-2-1-7-16-13/h1-7,16H,8-10,15H2. The van der Waals surface area contributed by atoms with Crippen molar-refractivity contribution in [3.63, 3.8) is 0 Å². The van der Waals surface area contributed by atoms with Crippen molar-refractivity contribution >= 4 is 0 Å². The zero-order valence-electron chi connectivity index (χ0n) is 9.65. The third kappa shape index (κ3) is 1.59. The van der Waals surface area contributed by atoms with Crippen LogP contribution in [0.4, 0.5) is 0 Å². The number of H-pyrrole nitrogens is 1. The maximum absolute atomic E-state index is 5.62. The minimum atomic E-state index is 0.0105. The van der Waals surface area contributed by atoms with Crippen molar-refractivity contribution in [3.05, 3.63) is 59.4 Å². The molecule has 2 aromatic rings. The van der Waals surface area contributed by atoms with Crippen LogP contribution < -0.4 is 5.73 Å². The lowest BCUT2D eigenvalue weighted by atomic mass is 9.76. The van der Waals surface area contributed by atoms with Gasteiger partial charge < -0.3 is 15.5 Å². The summed E-state index contributed by atoms with van der Waals surface area (Å²) in [6, 6.07) is 12.7. The summed E-state index contributed by atoms with van der Waals surface area (Å²) in [5, 5.41) is 0. The van der Waals surface area contributed by atoms with Gasteiger partial charge in [-0.15, -0.1) is 0 Å². The maximum atomic E-state index is 5.62. The molecule has 2 heterocycles. The molecule has 1 aromatic heterocycles. The predicted octanol–water partition coefficient (Wildman–Crippen LogP) is 1.79. The lowest BCUT2D eigenvalue weighted by molar-refractivity contribution is -0.0397. The van der Waals surface area contributed by atoms with Crippen LogP contribution in [0.15, 0.2) is 42.6 Å². The second-order valence-electron chi connectivity index (χ2n) is 4.56. The van der Waals surface area contributed by atoms with Crippen LogP contribution in [-0.4, -0.2) is 18.2 Å². The van der Waals surface area contributed by atoms with Crippen LogP contribution >= 0.6 is 0 Å². The molecule has 0 amide bonds. The van der Waals surface area contributed by atoms with E-state index in [9.17, 15) is 0 Å². The van der Waals surface area contributed by atoms with E-state index in [0.717, 1.165) is 18.8 Å². The van der Waals surface area contributed by atoms with Crippen molar-refractivity contribution < 1.29 is 4.74 Å². The molecule has 0 spiro atoms. The third-order valence-electron chi connectivity index (χ3n) is 3.55. The Bertz CT molecular complexity index is 483. The summed E-state index contributed by atoms with van der Waals surface area (Å²) in [7, 11) is 0. The van der Waals surface area contributed by atoms with Crippen LogP contribution in [0.3, 0.4) is 0 Å². The van der Waals surface area contributed by atoms with Gasteiger partial charge >= 0.3 is 0 Å². The van der Waals surface area contributed by atoms with Gasteiger partial charge in [-0.05, 0) is 23.3 Å². The molecule has 0 saturated carbocycles. The number of nitrogens with one attached hydrogen (secondary N) is 1. The third-order valence-corrected chi connectivity index (χ3v) is 3.55. The second kappa shape index (κ2) is 4.02. The van der Waals surface area contributed by atoms with Crippen molar-refractivity contribution in [2.24, 2.45) is 5.73 Å². The second-order valence-corrected chi connectivity index (χ2v) is 4.56. The van der Waals surface area contributed by atoms with Gasteiger partial charge in [-0.2, -0.15) is 0 Å². The van der Waals surface area contributed by atoms with Crippen LogP contribution in [0.25, 0.3) is 0 Å². The van der Waals surface area contributed by atoms with E-state index in [1.165, 1.54) is 11.3 Å². The number of ether oxygens (including phenoxy) is 1. The number of rotatable bonds is 3. The fourth-order valence-electron chi connectivity index (χ4n) is 2.37. The molecule has 1 aliphatic heterocycles. The molecule has 0 radical (unpaired) electrons. The molecule has 17 heavy (non-hydrogen) atoms. The van der Waals surface area contributed by atoms with Crippen LogP contribution in [0.1, 0.15) is 16.8 Å². The van der Waals surface area contributed by atoms with E-state index in [1.54, 1.807) is 0 Å². The van der Waals surface area contributed by atoms with E-state index < -0.39 is 0 Å². The molecular weight excluding hydrogens is 212 g/mol. The molecular formula is C14H16N2O. The van der Waals surface area contributed by atoms with Crippen LogP contribution in [-0.2, 0) is 16.7 Å². The summed E-state index contributed by atoms with van der Waals surface area (Å²) >= 11 is 0. The average Bonchev–Trinajstić information content (AvgIpc) is 2.83. The highest BCUT2D eigenvalue weighted by Gasteiger charge is 2.42. The molecule has 88 valence electrons. The quantitative estimate of drug-likeness (QED) is 0.841. The summed E-state index contributed by atoms with van der Waals surface area (Å²) in [4.78, 5) is 3.30. The Kier molecular flexibility index (Phi) is 2.50. The average molecular weight is 228 g/mol. The van der Waals surface area contributed by atoms with E-state index in [-0.39, 0.29) is 5.41 Å². The van der Waals surface area contributed by atoms with Gasteiger partial charge in [0.25, 0.3) is 0 Å². The molecule has 3 nitrogen and oxygen atoms in total. The van der Waals surface area contributed by atoms with Crippen LogP contribution in [0, 0.1) is 0 Å². The summed E-state index contributed by atoms with van der Waals surface area (Å²) in [6.45, 7) is 2.08. The van der Waals surface area contributed by atoms with Gasteiger partial charge in [-0.1, -0.05) is 24.3 Å². The number of nitrogens with two attached hydrogens (primary N) is 1. The first-order valence-electron chi connectivity index (χ1n) is 5.86. The van der Waals surface area contributed by atoms with Crippen molar-refractivity contribution in [1.29, 1.82) is 0 Å². The largest absolute Gasteiger partial charge is 0.379 e. The molecule has 0 aliphatic carbocycles. The first kappa shape index (κ1) is 10.6. The van der Waals surface area contributed by atoms with E-state index >= 15 is 0 Å². The van der Waals surface area contributed by atoms with Gasteiger partial charge in [0.15, 0.2) is 0 Å². The van der Waals surface area contributed by atoms with Crippen molar-refractivity contribution in [2.45, 2.75) is 12.0 Å². The summed E-state index contributed by atoms with van der Waals surface area (Å²) in [5.74, 6) is 0. The molecule has 3 heteroatoms. The van der Waals surface area contributed by atoms with Crippen molar-refractivity contribution in [3.8, 4) is 0 Å². The van der Waals surface area contributed by atoms with E-state index in [4.69, 9.17) is 10.5 Å². The normalized spacial score (nSPS) is 17.7. The Labute approximate surface area is 101 Å². The van der Waals surface area contributed by atoms with Crippen LogP contribution in [0.2, 0.25) is 0 Å². The summed E-state index contributed by atoms with van der Waals surface area (Å²) in [5.41, 5.74) is 9.31. The summed E-state index contributed by atoms with van der Waals surface area (Å²) < 4.78 is 5.43. The maximum Gasteiger partial charge on any atom is 0.0819 e. The number of benzene rings is 1.